The number of halogens is 1. The number of rotatable bonds is 6. The molecule has 100 valence electrons. The largest absolute Gasteiger partial charge is 0.486 e. The topological polar surface area (TPSA) is 30.5 Å². The summed E-state index contributed by atoms with van der Waals surface area (Å²) >= 11 is 6.13. The van der Waals surface area contributed by atoms with Gasteiger partial charge in [-0.1, -0.05) is 23.7 Å². The summed E-state index contributed by atoms with van der Waals surface area (Å²) in [6.07, 6.45) is 1.20. The van der Waals surface area contributed by atoms with Crippen LogP contribution in [-0.4, -0.2) is 32.4 Å². The molecule has 0 aliphatic carbocycles. The van der Waals surface area contributed by atoms with E-state index in [2.05, 4.69) is 5.32 Å². The van der Waals surface area contributed by atoms with Crippen molar-refractivity contribution in [3.8, 4) is 5.75 Å². The number of benzene rings is 1. The van der Waals surface area contributed by atoms with Gasteiger partial charge in [-0.25, -0.2) is 0 Å². The summed E-state index contributed by atoms with van der Waals surface area (Å²) in [5.41, 5.74) is 0. The first-order chi connectivity index (χ1) is 8.81. The van der Waals surface area contributed by atoms with Crippen molar-refractivity contribution >= 4 is 11.6 Å². The Kier molecular flexibility index (Phi) is 5.29. The minimum atomic E-state index is 0.0693. The van der Waals surface area contributed by atoms with E-state index in [0.29, 0.717) is 24.2 Å². The quantitative estimate of drug-likeness (QED) is 0.861. The molecule has 1 N–H and O–H groups in total. The second kappa shape index (κ2) is 6.98. The van der Waals surface area contributed by atoms with Crippen LogP contribution in [0.3, 0.4) is 0 Å². The Balaban J connectivity index is 2.02. The normalized spacial score (nSPS) is 20.9. The molecular formula is C14H20ClNO2. The molecule has 0 unspecified atom stereocenters. The van der Waals surface area contributed by atoms with E-state index in [1.54, 1.807) is 0 Å². The minimum Gasteiger partial charge on any atom is -0.486 e. The van der Waals surface area contributed by atoms with Crippen molar-refractivity contribution in [3.05, 3.63) is 29.3 Å². The molecule has 0 bridgehead atoms. The van der Waals surface area contributed by atoms with Crippen molar-refractivity contribution < 1.29 is 9.47 Å². The molecule has 0 saturated carbocycles. The third-order valence-corrected chi connectivity index (χ3v) is 3.54. The van der Waals surface area contributed by atoms with E-state index in [4.69, 9.17) is 21.1 Å². The van der Waals surface area contributed by atoms with Gasteiger partial charge >= 0.3 is 0 Å². The van der Waals surface area contributed by atoms with E-state index in [-0.39, 0.29) is 6.10 Å². The maximum atomic E-state index is 6.13. The lowest BCUT2D eigenvalue weighted by Gasteiger charge is -2.24. The first-order valence-electron chi connectivity index (χ1n) is 6.51. The maximum absolute atomic E-state index is 6.13. The number of ether oxygens (including phenoxy) is 2. The van der Waals surface area contributed by atoms with Crippen LogP contribution in [0.25, 0.3) is 0 Å². The van der Waals surface area contributed by atoms with E-state index in [1.165, 1.54) is 0 Å². The van der Waals surface area contributed by atoms with Crippen molar-refractivity contribution in [2.24, 2.45) is 5.92 Å². The molecule has 2 atom stereocenters. The second-order valence-corrected chi connectivity index (χ2v) is 4.91. The molecule has 1 aromatic carbocycles. The summed E-state index contributed by atoms with van der Waals surface area (Å²) < 4.78 is 11.6. The zero-order chi connectivity index (χ0) is 12.8. The van der Waals surface area contributed by atoms with Crippen molar-refractivity contribution in [1.82, 2.24) is 5.32 Å². The first kappa shape index (κ1) is 13.7. The highest BCUT2D eigenvalue weighted by Gasteiger charge is 2.27. The lowest BCUT2D eigenvalue weighted by molar-refractivity contribution is 0.0292. The van der Waals surface area contributed by atoms with E-state index in [9.17, 15) is 0 Å². The van der Waals surface area contributed by atoms with E-state index in [0.717, 1.165) is 25.3 Å². The molecule has 0 spiro atoms. The van der Waals surface area contributed by atoms with Gasteiger partial charge in [0.05, 0.1) is 11.6 Å². The van der Waals surface area contributed by atoms with Gasteiger partial charge in [-0.2, -0.15) is 0 Å². The Morgan fingerprint density at radius 2 is 2.28 bits per heavy atom. The molecule has 1 aromatic rings. The van der Waals surface area contributed by atoms with Crippen LogP contribution in [0.2, 0.25) is 5.02 Å². The van der Waals surface area contributed by atoms with Crippen LogP contribution in [0.5, 0.6) is 5.75 Å². The maximum Gasteiger partial charge on any atom is 0.138 e. The van der Waals surface area contributed by atoms with Crippen LogP contribution in [0.4, 0.5) is 0 Å². The molecule has 1 heterocycles. The van der Waals surface area contributed by atoms with Crippen LogP contribution < -0.4 is 10.1 Å². The fraction of sp³-hybridized carbons (Fsp3) is 0.571. The third kappa shape index (κ3) is 3.61. The highest BCUT2D eigenvalue weighted by Crippen LogP contribution is 2.27. The Morgan fingerprint density at radius 1 is 1.44 bits per heavy atom. The Labute approximate surface area is 113 Å². The number of para-hydroxylation sites is 1. The molecular weight excluding hydrogens is 250 g/mol. The number of hydrogen-bond acceptors (Lipinski definition) is 3. The Morgan fingerprint density at radius 3 is 2.94 bits per heavy atom. The smallest absolute Gasteiger partial charge is 0.138 e. The molecule has 1 aliphatic rings. The molecule has 18 heavy (non-hydrogen) atoms. The van der Waals surface area contributed by atoms with Gasteiger partial charge in [0.15, 0.2) is 0 Å². The lowest BCUT2D eigenvalue weighted by Crippen LogP contribution is -2.33. The molecule has 1 saturated heterocycles. The van der Waals surface area contributed by atoms with Crippen molar-refractivity contribution in [2.45, 2.75) is 19.4 Å². The minimum absolute atomic E-state index is 0.0693. The molecule has 1 aliphatic heterocycles. The zero-order valence-electron chi connectivity index (χ0n) is 10.7. The second-order valence-electron chi connectivity index (χ2n) is 4.50. The van der Waals surface area contributed by atoms with E-state index in [1.807, 2.05) is 31.2 Å². The summed E-state index contributed by atoms with van der Waals surface area (Å²) in [5, 5.41) is 4.02. The average Bonchev–Trinajstić information content (AvgIpc) is 2.90. The first-order valence-corrected chi connectivity index (χ1v) is 6.88. The van der Waals surface area contributed by atoms with Gasteiger partial charge in [0.25, 0.3) is 0 Å². The molecule has 0 radical (unpaired) electrons. The van der Waals surface area contributed by atoms with E-state index < -0.39 is 0 Å². The van der Waals surface area contributed by atoms with Gasteiger partial charge in [0.1, 0.15) is 11.9 Å². The standard InChI is InChI=1S/C14H20ClNO2/c1-2-17-10-14(11-7-8-16-9-11)18-13-6-4-3-5-12(13)15/h3-6,11,14,16H,2,7-10H2,1H3/t11-,14-/m0/s1. The Hall–Kier alpha value is -0.770. The lowest BCUT2D eigenvalue weighted by atomic mass is 10.0. The van der Waals surface area contributed by atoms with Crippen LogP contribution in [0, 0.1) is 5.92 Å². The number of nitrogens with one attached hydrogen (secondary N) is 1. The van der Waals surface area contributed by atoms with Gasteiger partial charge in [-0.3, -0.25) is 0 Å². The van der Waals surface area contributed by atoms with Crippen molar-refractivity contribution in [1.29, 1.82) is 0 Å². The van der Waals surface area contributed by atoms with Crippen LogP contribution >= 0.6 is 11.6 Å². The highest BCUT2D eigenvalue weighted by molar-refractivity contribution is 6.32. The summed E-state index contributed by atoms with van der Waals surface area (Å²) in [6.45, 7) is 5.37. The van der Waals surface area contributed by atoms with Gasteiger partial charge in [0, 0.05) is 19.1 Å². The fourth-order valence-electron chi connectivity index (χ4n) is 2.20. The summed E-state index contributed by atoms with van der Waals surface area (Å²) in [7, 11) is 0. The van der Waals surface area contributed by atoms with E-state index >= 15 is 0 Å². The molecule has 0 amide bonds. The Bertz CT molecular complexity index is 367. The van der Waals surface area contributed by atoms with Crippen molar-refractivity contribution in [3.63, 3.8) is 0 Å². The molecule has 2 rings (SSSR count). The molecule has 4 heteroatoms. The fourth-order valence-corrected chi connectivity index (χ4v) is 2.38. The molecule has 0 aromatic heterocycles. The van der Waals surface area contributed by atoms with Gasteiger partial charge in [-0.05, 0) is 32.0 Å². The SMILES string of the molecule is CCOC[C@H](Oc1ccccc1Cl)[C@H]1CCNC1. The average molecular weight is 270 g/mol. The van der Waals surface area contributed by atoms with Gasteiger partial charge in [0.2, 0.25) is 0 Å². The highest BCUT2D eigenvalue weighted by atomic mass is 35.5. The summed E-state index contributed by atoms with van der Waals surface area (Å²) in [5.74, 6) is 1.24. The van der Waals surface area contributed by atoms with Crippen molar-refractivity contribution in [2.75, 3.05) is 26.3 Å². The molecule has 1 fully saturated rings. The summed E-state index contributed by atoms with van der Waals surface area (Å²) in [4.78, 5) is 0. The predicted octanol–water partition coefficient (Wildman–Crippen LogP) is 2.73. The third-order valence-electron chi connectivity index (χ3n) is 3.23. The monoisotopic (exact) mass is 269 g/mol. The predicted molar refractivity (Wildman–Crippen MR) is 73.3 cm³/mol. The van der Waals surface area contributed by atoms with Gasteiger partial charge in [-0.15, -0.1) is 0 Å². The van der Waals surface area contributed by atoms with Crippen LogP contribution in [0.15, 0.2) is 24.3 Å². The van der Waals surface area contributed by atoms with Gasteiger partial charge < -0.3 is 14.8 Å². The van der Waals surface area contributed by atoms with Crippen LogP contribution in [0.1, 0.15) is 13.3 Å². The zero-order valence-corrected chi connectivity index (χ0v) is 11.5. The van der Waals surface area contributed by atoms with Crippen LogP contribution in [-0.2, 0) is 4.74 Å². The molecule has 3 nitrogen and oxygen atoms in total. The number of hydrogen-bond donors (Lipinski definition) is 1. The summed E-state index contributed by atoms with van der Waals surface area (Å²) in [6, 6.07) is 7.60.